The molecule has 3 heterocycles. The van der Waals surface area contributed by atoms with Crippen LogP contribution in [-0.4, -0.2) is 63.9 Å². The molecule has 1 aromatic carbocycles. The smallest absolute Gasteiger partial charge is 0.347 e. The molecule has 0 aliphatic carbocycles. The zero-order valence-corrected chi connectivity index (χ0v) is 18.7. The molecule has 0 aromatic heterocycles. The van der Waals surface area contributed by atoms with Gasteiger partial charge < -0.3 is 15.1 Å². The lowest BCUT2D eigenvalue weighted by atomic mass is 9.88. The predicted molar refractivity (Wildman–Crippen MR) is 112 cm³/mol. The zero-order valence-electron chi connectivity index (χ0n) is 17.8. The maximum atomic E-state index is 13.3. The van der Waals surface area contributed by atoms with Crippen LogP contribution in [0.5, 0.6) is 0 Å². The van der Waals surface area contributed by atoms with Crippen molar-refractivity contribution >= 4 is 21.7 Å². The summed E-state index contributed by atoms with van der Waals surface area (Å²) < 4.78 is 59.6. The Morgan fingerprint density at radius 3 is 2.41 bits per heavy atom. The molecule has 0 saturated carbocycles. The van der Waals surface area contributed by atoms with E-state index in [2.05, 4.69) is 5.32 Å². The Labute approximate surface area is 185 Å². The first-order chi connectivity index (χ1) is 14.8. The molecule has 11 heteroatoms. The summed E-state index contributed by atoms with van der Waals surface area (Å²) in [5, 5.41) is 2.95. The standard InChI is InChI=1S/C21H27F3N4O3S/c1-32(25,31)17-10-15(9-16(11-17)21(22,23)24)8-14-3-6-27(7-4-14)19(30)28-12-20(13-28)5-2-18(29)26-20/h9-11,14,25H,2-8,12-13H2,1H3,(H,26,29). The topological polar surface area (TPSA) is 93.6 Å². The van der Waals surface area contributed by atoms with E-state index in [4.69, 9.17) is 4.78 Å². The van der Waals surface area contributed by atoms with Crippen molar-refractivity contribution in [1.82, 2.24) is 15.1 Å². The average molecular weight is 473 g/mol. The van der Waals surface area contributed by atoms with Crippen molar-refractivity contribution in [2.45, 2.75) is 48.7 Å². The van der Waals surface area contributed by atoms with Gasteiger partial charge in [-0.1, -0.05) is 0 Å². The highest BCUT2D eigenvalue weighted by atomic mass is 32.2. The molecule has 1 aromatic rings. The Balaban J connectivity index is 1.35. The van der Waals surface area contributed by atoms with Crippen molar-refractivity contribution in [3.8, 4) is 0 Å². The number of likely N-dealkylation sites (tertiary alicyclic amines) is 2. The molecule has 1 spiro atoms. The van der Waals surface area contributed by atoms with Crippen molar-refractivity contribution in [2.75, 3.05) is 32.4 Å². The van der Waals surface area contributed by atoms with Crippen LogP contribution in [0.1, 0.15) is 36.8 Å². The highest BCUT2D eigenvalue weighted by molar-refractivity contribution is 7.91. The molecule has 1 unspecified atom stereocenters. The van der Waals surface area contributed by atoms with Crippen molar-refractivity contribution in [2.24, 2.45) is 5.92 Å². The fourth-order valence-corrected chi connectivity index (χ4v) is 5.59. The normalized spacial score (nSPS) is 23.1. The minimum absolute atomic E-state index is 0.0278. The van der Waals surface area contributed by atoms with Crippen LogP contribution in [0.3, 0.4) is 0 Å². The van der Waals surface area contributed by atoms with Gasteiger partial charge in [-0.05, 0) is 55.4 Å². The lowest BCUT2D eigenvalue weighted by Crippen LogP contribution is -2.70. The van der Waals surface area contributed by atoms with Crippen LogP contribution < -0.4 is 5.32 Å². The number of nitrogens with one attached hydrogen (secondary N) is 2. The van der Waals surface area contributed by atoms with Gasteiger partial charge in [0.05, 0.1) is 20.8 Å². The summed E-state index contributed by atoms with van der Waals surface area (Å²) in [6, 6.07) is 3.25. The van der Waals surface area contributed by atoms with Crippen LogP contribution in [0.15, 0.2) is 23.1 Å². The van der Waals surface area contributed by atoms with E-state index >= 15 is 0 Å². The molecule has 0 bridgehead atoms. The number of hydrogen-bond acceptors (Lipinski definition) is 4. The lowest BCUT2D eigenvalue weighted by molar-refractivity contribution is -0.137. The van der Waals surface area contributed by atoms with E-state index in [1.165, 1.54) is 6.07 Å². The molecule has 2 N–H and O–H groups in total. The maximum absolute atomic E-state index is 13.3. The van der Waals surface area contributed by atoms with Gasteiger partial charge >= 0.3 is 12.2 Å². The number of amides is 3. The van der Waals surface area contributed by atoms with E-state index < -0.39 is 21.5 Å². The summed E-state index contributed by atoms with van der Waals surface area (Å²) in [5.74, 6) is 0.130. The molecule has 3 amide bonds. The van der Waals surface area contributed by atoms with Crippen LogP contribution in [0.2, 0.25) is 0 Å². The molecule has 7 nitrogen and oxygen atoms in total. The summed E-state index contributed by atoms with van der Waals surface area (Å²) in [5.41, 5.74) is -0.726. The van der Waals surface area contributed by atoms with E-state index in [1.54, 1.807) is 9.80 Å². The van der Waals surface area contributed by atoms with Crippen molar-refractivity contribution < 1.29 is 27.0 Å². The molecule has 3 fully saturated rings. The van der Waals surface area contributed by atoms with Crippen LogP contribution in [0.4, 0.5) is 18.0 Å². The van der Waals surface area contributed by atoms with Crippen LogP contribution in [0.25, 0.3) is 0 Å². The van der Waals surface area contributed by atoms with Gasteiger partial charge in [0.25, 0.3) is 0 Å². The molecule has 4 rings (SSSR count). The van der Waals surface area contributed by atoms with Crippen LogP contribution in [0, 0.1) is 10.7 Å². The highest BCUT2D eigenvalue weighted by Gasteiger charge is 2.50. The minimum Gasteiger partial charge on any atom is -0.347 e. The number of carbonyl (C=O) groups is 2. The van der Waals surface area contributed by atoms with E-state index in [0.717, 1.165) is 24.8 Å². The van der Waals surface area contributed by atoms with Gasteiger partial charge in [0.15, 0.2) is 0 Å². The maximum Gasteiger partial charge on any atom is 0.416 e. The van der Waals surface area contributed by atoms with Gasteiger partial charge in [0.2, 0.25) is 5.91 Å². The molecule has 3 aliphatic rings. The zero-order chi connectivity index (χ0) is 23.3. The van der Waals surface area contributed by atoms with Gasteiger partial charge in [-0.15, -0.1) is 0 Å². The predicted octanol–water partition coefficient (Wildman–Crippen LogP) is 3.08. The summed E-state index contributed by atoms with van der Waals surface area (Å²) in [6.45, 7) is 2.09. The largest absolute Gasteiger partial charge is 0.416 e. The van der Waals surface area contributed by atoms with E-state index in [0.29, 0.717) is 57.4 Å². The summed E-state index contributed by atoms with van der Waals surface area (Å²) >= 11 is 0. The highest BCUT2D eigenvalue weighted by Crippen LogP contribution is 2.34. The van der Waals surface area contributed by atoms with E-state index in [1.807, 2.05) is 0 Å². The second kappa shape index (κ2) is 7.93. The monoisotopic (exact) mass is 472 g/mol. The Kier molecular flexibility index (Phi) is 5.67. The number of piperidine rings is 1. The molecule has 1 atom stereocenters. The number of urea groups is 1. The molecule has 3 saturated heterocycles. The summed E-state index contributed by atoms with van der Waals surface area (Å²) in [4.78, 5) is 27.6. The van der Waals surface area contributed by atoms with E-state index in [-0.39, 0.29) is 28.3 Å². The Morgan fingerprint density at radius 2 is 1.88 bits per heavy atom. The second-order valence-electron chi connectivity index (χ2n) is 9.31. The Hall–Kier alpha value is -2.30. The van der Waals surface area contributed by atoms with Gasteiger partial charge in [-0.3, -0.25) is 4.79 Å². The van der Waals surface area contributed by atoms with Gasteiger partial charge in [0, 0.05) is 43.8 Å². The number of alkyl halides is 3. The fourth-order valence-electron chi connectivity index (χ4n) is 4.86. The van der Waals surface area contributed by atoms with Crippen LogP contribution >= 0.6 is 0 Å². The Morgan fingerprint density at radius 1 is 1.22 bits per heavy atom. The molecule has 176 valence electrons. The number of carbonyl (C=O) groups excluding carboxylic acids is 2. The average Bonchev–Trinajstić information content (AvgIpc) is 3.07. The number of rotatable bonds is 3. The van der Waals surface area contributed by atoms with Crippen molar-refractivity contribution in [3.63, 3.8) is 0 Å². The third-order valence-electron chi connectivity index (χ3n) is 6.65. The lowest BCUT2D eigenvalue weighted by Gasteiger charge is -2.49. The number of halogens is 3. The quantitative estimate of drug-likeness (QED) is 0.708. The molecular weight excluding hydrogens is 445 g/mol. The number of benzene rings is 1. The molecule has 32 heavy (non-hydrogen) atoms. The van der Waals surface area contributed by atoms with E-state index in [9.17, 15) is 27.0 Å². The van der Waals surface area contributed by atoms with Crippen molar-refractivity contribution in [3.05, 3.63) is 29.3 Å². The number of nitrogens with zero attached hydrogens (tertiary/aromatic N) is 2. The molecular formula is C21H27F3N4O3S. The minimum atomic E-state index is -4.57. The molecule has 3 aliphatic heterocycles. The first-order valence-corrected chi connectivity index (χ1v) is 12.6. The van der Waals surface area contributed by atoms with Gasteiger partial charge in [-0.25, -0.2) is 13.8 Å². The number of hydrogen-bond donors (Lipinski definition) is 2. The molecule has 0 radical (unpaired) electrons. The SMILES string of the molecule is CS(=N)(=O)c1cc(CC2CCN(C(=O)N3CC4(CCC(=O)N4)C3)CC2)cc(C(F)(F)F)c1. The summed E-state index contributed by atoms with van der Waals surface area (Å²) in [7, 11) is -3.27. The fraction of sp³-hybridized carbons (Fsp3) is 0.619. The first kappa shape index (κ1) is 22.9. The van der Waals surface area contributed by atoms with Crippen molar-refractivity contribution in [1.29, 1.82) is 4.78 Å². The van der Waals surface area contributed by atoms with Gasteiger partial charge in [0.1, 0.15) is 0 Å². The van der Waals surface area contributed by atoms with Gasteiger partial charge in [-0.2, -0.15) is 13.2 Å². The summed E-state index contributed by atoms with van der Waals surface area (Å²) in [6.07, 6.45) is -0.499. The first-order valence-electron chi connectivity index (χ1n) is 10.6. The Bertz CT molecular complexity index is 1030. The second-order valence-corrected chi connectivity index (χ2v) is 11.5. The third-order valence-corrected chi connectivity index (χ3v) is 7.78. The third kappa shape index (κ3) is 4.72. The van der Waals surface area contributed by atoms with Crippen LogP contribution in [-0.2, 0) is 27.1 Å².